The van der Waals surface area contributed by atoms with Crippen molar-refractivity contribution in [1.29, 1.82) is 0 Å². The molecular weight excluding hydrogens is 108 g/mol. The maximum absolute atomic E-state index is 4.10. The zero-order valence-electron chi connectivity index (χ0n) is 4.51. The van der Waals surface area contributed by atoms with E-state index >= 15 is 0 Å². The van der Waals surface area contributed by atoms with Crippen molar-refractivity contribution in [1.82, 2.24) is 5.01 Å². The highest BCUT2D eigenvalue weighted by molar-refractivity contribution is 8.14. The second-order valence-corrected chi connectivity index (χ2v) is 2.69. The number of hydrazone groups is 1. The van der Waals surface area contributed by atoms with Crippen LogP contribution in [-0.4, -0.2) is 23.0 Å². The molecule has 0 N–H and O–H groups in total. The minimum absolute atomic E-state index is 1.02. The molecule has 0 radical (unpaired) electrons. The Labute approximate surface area is 47.6 Å². The van der Waals surface area contributed by atoms with Gasteiger partial charge in [-0.3, -0.25) is 5.01 Å². The first-order chi connectivity index (χ1) is 3.29. The van der Waals surface area contributed by atoms with Gasteiger partial charge in [0.2, 0.25) is 0 Å². The van der Waals surface area contributed by atoms with E-state index < -0.39 is 0 Å². The first-order valence-corrected chi connectivity index (χ1v) is 3.17. The van der Waals surface area contributed by atoms with E-state index in [1.165, 1.54) is 5.04 Å². The Morgan fingerprint density at radius 1 is 1.86 bits per heavy atom. The summed E-state index contributed by atoms with van der Waals surface area (Å²) in [5.74, 6) is 1.02. The summed E-state index contributed by atoms with van der Waals surface area (Å²) in [6.45, 7) is 2.02. The standard InChI is InChI=1S/C4H8N2S/c1-4-5-6(2)3-7-4/h3H2,1-2H3. The van der Waals surface area contributed by atoms with E-state index in [2.05, 4.69) is 5.10 Å². The van der Waals surface area contributed by atoms with Gasteiger partial charge in [0.05, 0.1) is 10.9 Å². The Kier molecular flexibility index (Phi) is 1.23. The summed E-state index contributed by atoms with van der Waals surface area (Å²) in [5.41, 5.74) is 0. The topological polar surface area (TPSA) is 15.6 Å². The van der Waals surface area contributed by atoms with E-state index in [1.54, 1.807) is 11.8 Å². The molecule has 0 aromatic rings. The van der Waals surface area contributed by atoms with Gasteiger partial charge in [0.15, 0.2) is 0 Å². The summed E-state index contributed by atoms with van der Waals surface area (Å²) in [5, 5.41) is 7.20. The van der Waals surface area contributed by atoms with E-state index in [4.69, 9.17) is 0 Å². The molecule has 3 heteroatoms. The van der Waals surface area contributed by atoms with Gasteiger partial charge in [-0.1, -0.05) is 11.8 Å². The predicted octanol–water partition coefficient (Wildman–Crippen LogP) is 0.956. The fourth-order valence-corrected chi connectivity index (χ4v) is 1.11. The quantitative estimate of drug-likeness (QED) is 0.468. The van der Waals surface area contributed by atoms with Gasteiger partial charge in [0.25, 0.3) is 0 Å². The Hall–Kier alpha value is -0.180. The van der Waals surface area contributed by atoms with Crippen molar-refractivity contribution in [3.05, 3.63) is 0 Å². The average molecular weight is 116 g/mol. The number of hydrogen-bond acceptors (Lipinski definition) is 3. The van der Waals surface area contributed by atoms with Crippen LogP contribution in [0.5, 0.6) is 0 Å². The van der Waals surface area contributed by atoms with Crippen LogP contribution in [0.2, 0.25) is 0 Å². The Bertz CT molecular complexity index is 99.9. The van der Waals surface area contributed by atoms with E-state index in [0.29, 0.717) is 0 Å². The van der Waals surface area contributed by atoms with Crippen molar-refractivity contribution in [3.8, 4) is 0 Å². The molecule has 0 fully saturated rings. The first-order valence-electron chi connectivity index (χ1n) is 2.18. The van der Waals surface area contributed by atoms with Gasteiger partial charge < -0.3 is 0 Å². The number of nitrogens with zero attached hydrogens (tertiary/aromatic N) is 2. The zero-order chi connectivity index (χ0) is 5.28. The van der Waals surface area contributed by atoms with Gasteiger partial charge in [-0.05, 0) is 6.92 Å². The highest BCUT2D eigenvalue weighted by atomic mass is 32.2. The average Bonchev–Trinajstić information content (AvgIpc) is 1.87. The molecule has 0 bridgehead atoms. The van der Waals surface area contributed by atoms with Crippen LogP contribution >= 0.6 is 11.8 Å². The molecule has 1 aliphatic rings. The number of hydrogen-bond donors (Lipinski definition) is 0. The van der Waals surface area contributed by atoms with Gasteiger partial charge >= 0.3 is 0 Å². The van der Waals surface area contributed by atoms with Gasteiger partial charge in [0, 0.05) is 7.05 Å². The molecule has 0 aromatic heterocycles. The lowest BCUT2D eigenvalue weighted by atomic mass is 10.9. The largest absolute Gasteiger partial charge is 0.289 e. The third kappa shape index (κ3) is 1.09. The monoisotopic (exact) mass is 116 g/mol. The van der Waals surface area contributed by atoms with E-state index in [-0.39, 0.29) is 0 Å². The van der Waals surface area contributed by atoms with Crippen molar-refractivity contribution >= 4 is 16.8 Å². The molecule has 0 amide bonds. The summed E-state index contributed by atoms with van der Waals surface area (Å²) in [6, 6.07) is 0. The van der Waals surface area contributed by atoms with E-state index in [9.17, 15) is 0 Å². The van der Waals surface area contributed by atoms with Crippen LogP contribution in [0, 0.1) is 0 Å². The van der Waals surface area contributed by atoms with Crippen LogP contribution in [0.1, 0.15) is 6.92 Å². The van der Waals surface area contributed by atoms with Crippen LogP contribution in [0.15, 0.2) is 5.10 Å². The van der Waals surface area contributed by atoms with Gasteiger partial charge in [-0.25, -0.2) is 0 Å². The predicted molar refractivity (Wildman–Crippen MR) is 33.3 cm³/mol. The maximum atomic E-state index is 4.10. The van der Waals surface area contributed by atoms with Crippen molar-refractivity contribution in [2.45, 2.75) is 6.92 Å². The van der Waals surface area contributed by atoms with Crippen molar-refractivity contribution in [3.63, 3.8) is 0 Å². The lowest BCUT2D eigenvalue weighted by Gasteiger charge is -1.99. The minimum Gasteiger partial charge on any atom is -0.289 e. The van der Waals surface area contributed by atoms with Crippen LogP contribution in [0.4, 0.5) is 0 Å². The van der Waals surface area contributed by atoms with Crippen molar-refractivity contribution in [2.75, 3.05) is 12.9 Å². The third-order valence-corrected chi connectivity index (χ3v) is 1.77. The Morgan fingerprint density at radius 3 is 2.71 bits per heavy atom. The molecule has 0 saturated carbocycles. The molecule has 0 saturated heterocycles. The van der Waals surface area contributed by atoms with Crippen molar-refractivity contribution < 1.29 is 0 Å². The summed E-state index contributed by atoms with van der Waals surface area (Å²) in [6.07, 6.45) is 0. The van der Waals surface area contributed by atoms with Crippen LogP contribution in [0.25, 0.3) is 0 Å². The maximum Gasteiger partial charge on any atom is 0.0920 e. The molecule has 0 spiro atoms. The summed E-state index contributed by atoms with van der Waals surface area (Å²) < 4.78 is 0. The molecular formula is C4H8N2S. The molecule has 0 atom stereocenters. The van der Waals surface area contributed by atoms with Crippen LogP contribution in [0.3, 0.4) is 0 Å². The molecule has 0 unspecified atom stereocenters. The molecule has 1 rings (SSSR count). The molecule has 40 valence electrons. The second kappa shape index (κ2) is 1.74. The van der Waals surface area contributed by atoms with Gasteiger partial charge in [-0.2, -0.15) is 5.10 Å². The van der Waals surface area contributed by atoms with Crippen LogP contribution < -0.4 is 0 Å². The molecule has 7 heavy (non-hydrogen) atoms. The number of thioether (sulfide) groups is 1. The molecule has 0 aromatic carbocycles. The van der Waals surface area contributed by atoms with E-state index in [1.807, 2.05) is 19.0 Å². The fourth-order valence-electron chi connectivity index (χ4n) is 0.485. The summed E-state index contributed by atoms with van der Waals surface area (Å²) in [4.78, 5) is 0. The molecule has 1 heterocycles. The minimum atomic E-state index is 1.02. The Morgan fingerprint density at radius 2 is 2.57 bits per heavy atom. The lowest BCUT2D eigenvalue weighted by molar-refractivity contribution is 0.429. The molecule has 0 aliphatic carbocycles. The van der Waals surface area contributed by atoms with Gasteiger partial charge in [-0.15, -0.1) is 0 Å². The second-order valence-electron chi connectivity index (χ2n) is 1.55. The first kappa shape index (κ1) is 4.97. The zero-order valence-corrected chi connectivity index (χ0v) is 5.33. The van der Waals surface area contributed by atoms with Crippen molar-refractivity contribution in [2.24, 2.45) is 5.10 Å². The normalized spacial score (nSPS) is 20.3. The smallest absolute Gasteiger partial charge is 0.0920 e. The highest BCUT2D eigenvalue weighted by Crippen LogP contribution is 2.13. The third-order valence-electron chi connectivity index (χ3n) is 0.772. The fraction of sp³-hybridized carbons (Fsp3) is 0.750. The van der Waals surface area contributed by atoms with Crippen LogP contribution in [-0.2, 0) is 0 Å². The molecule has 2 nitrogen and oxygen atoms in total. The summed E-state index contributed by atoms with van der Waals surface area (Å²) in [7, 11) is 1.98. The lowest BCUT2D eigenvalue weighted by Crippen LogP contribution is -2.02. The molecule has 1 aliphatic heterocycles. The SMILES string of the molecule is CC1=NN(C)CS1. The van der Waals surface area contributed by atoms with Gasteiger partial charge in [0.1, 0.15) is 0 Å². The highest BCUT2D eigenvalue weighted by Gasteiger charge is 2.03. The van der Waals surface area contributed by atoms with E-state index in [0.717, 1.165) is 5.88 Å². The summed E-state index contributed by atoms with van der Waals surface area (Å²) >= 11 is 1.78. The Balaban J connectivity index is 2.50. The number of rotatable bonds is 0.